The van der Waals surface area contributed by atoms with Crippen molar-refractivity contribution >= 4 is 17.3 Å². The molecule has 0 aliphatic carbocycles. The van der Waals surface area contributed by atoms with Crippen molar-refractivity contribution in [2.24, 2.45) is 5.73 Å². The van der Waals surface area contributed by atoms with Gasteiger partial charge in [-0.05, 0) is 31.9 Å². The van der Waals surface area contributed by atoms with E-state index in [1.807, 2.05) is 24.3 Å². The molecule has 1 atom stereocenters. The predicted octanol–water partition coefficient (Wildman–Crippen LogP) is 1.57. The van der Waals surface area contributed by atoms with Crippen molar-refractivity contribution in [1.82, 2.24) is 0 Å². The maximum absolute atomic E-state index is 11.6. The zero-order valence-corrected chi connectivity index (χ0v) is 10.1. The van der Waals surface area contributed by atoms with Gasteiger partial charge in [-0.15, -0.1) is 0 Å². The van der Waals surface area contributed by atoms with Gasteiger partial charge in [-0.1, -0.05) is 12.1 Å². The zero-order chi connectivity index (χ0) is 12.3. The van der Waals surface area contributed by atoms with Crippen LogP contribution in [0.25, 0.3) is 0 Å². The van der Waals surface area contributed by atoms with Gasteiger partial charge in [0.15, 0.2) is 0 Å². The molecule has 0 spiro atoms. The molecule has 4 heteroatoms. The van der Waals surface area contributed by atoms with Crippen molar-refractivity contribution in [3.63, 3.8) is 0 Å². The van der Waals surface area contributed by atoms with Crippen LogP contribution >= 0.6 is 0 Å². The van der Waals surface area contributed by atoms with Gasteiger partial charge in [0, 0.05) is 13.1 Å². The number of hydrogen-bond donors (Lipinski definition) is 2. The summed E-state index contributed by atoms with van der Waals surface area (Å²) in [6.07, 6.45) is 2.44. The molecule has 1 fully saturated rings. The molecule has 1 aromatic rings. The Kier molecular flexibility index (Phi) is 3.64. The second-order valence-corrected chi connectivity index (χ2v) is 4.49. The van der Waals surface area contributed by atoms with Crippen LogP contribution in [-0.2, 0) is 4.79 Å². The number of amides is 1. The number of benzene rings is 1. The third kappa shape index (κ3) is 2.77. The molecule has 1 unspecified atom stereocenters. The number of rotatable bonds is 3. The molecule has 92 valence electrons. The normalized spacial score (nSPS) is 16.9. The highest BCUT2D eigenvalue weighted by Crippen LogP contribution is 2.28. The highest BCUT2D eigenvalue weighted by Gasteiger charge is 2.17. The molecule has 1 heterocycles. The molecule has 1 aromatic carbocycles. The molecule has 17 heavy (non-hydrogen) atoms. The van der Waals surface area contributed by atoms with Crippen LogP contribution in [0.4, 0.5) is 11.4 Å². The largest absolute Gasteiger partial charge is 0.370 e. The van der Waals surface area contributed by atoms with Gasteiger partial charge in [-0.2, -0.15) is 0 Å². The van der Waals surface area contributed by atoms with E-state index in [0.717, 1.165) is 24.5 Å². The summed E-state index contributed by atoms with van der Waals surface area (Å²) < 4.78 is 0. The van der Waals surface area contributed by atoms with Crippen LogP contribution in [0.1, 0.15) is 19.8 Å². The van der Waals surface area contributed by atoms with Crippen LogP contribution < -0.4 is 16.0 Å². The number of para-hydroxylation sites is 2. The predicted molar refractivity (Wildman–Crippen MR) is 70.2 cm³/mol. The second kappa shape index (κ2) is 5.19. The third-order valence-electron chi connectivity index (χ3n) is 3.02. The molecule has 3 N–H and O–H groups in total. The van der Waals surface area contributed by atoms with Crippen molar-refractivity contribution in [1.29, 1.82) is 0 Å². The third-order valence-corrected chi connectivity index (χ3v) is 3.02. The van der Waals surface area contributed by atoms with Crippen molar-refractivity contribution in [3.8, 4) is 0 Å². The van der Waals surface area contributed by atoms with Gasteiger partial charge >= 0.3 is 0 Å². The van der Waals surface area contributed by atoms with Crippen LogP contribution in [0.15, 0.2) is 24.3 Å². The van der Waals surface area contributed by atoms with Gasteiger partial charge in [0.1, 0.15) is 0 Å². The van der Waals surface area contributed by atoms with Gasteiger partial charge in [0.05, 0.1) is 17.4 Å². The quantitative estimate of drug-likeness (QED) is 0.833. The van der Waals surface area contributed by atoms with Crippen LogP contribution in [0.3, 0.4) is 0 Å². The fourth-order valence-electron chi connectivity index (χ4n) is 2.06. The first-order valence-electron chi connectivity index (χ1n) is 6.09. The lowest BCUT2D eigenvalue weighted by Gasteiger charge is -2.21. The van der Waals surface area contributed by atoms with E-state index in [9.17, 15) is 4.79 Å². The van der Waals surface area contributed by atoms with Crippen molar-refractivity contribution < 1.29 is 4.79 Å². The molecule has 0 saturated carbocycles. The van der Waals surface area contributed by atoms with Crippen LogP contribution in [-0.4, -0.2) is 25.0 Å². The first-order valence-corrected chi connectivity index (χ1v) is 6.09. The number of carbonyl (C=O) groups excluding carboxylic acids is 1. The lowest BCUT2D eigenvalue weighted by molar-refractivity contribution is -0.117. The fourth-order valence-corrected chi connectivity index (χ4v) is 2.06. The molecule has 1 aliphatic rings. The monoisotopic (exact) mass is 233 g/mol. The summed E-state index contributed by atoms with van der Waals surface area (Å²) in [4.78, 5) is 13.9. The number of anilines is 2. The Hall–Kier alpha value is -1.55. The summed E-state index contributed by atoms with van der Waals surface area (Å²) in [6, 6.07) is 7.41. The summed E-state index contributed by atoms with van der Waals surface area (Å²) in [5.41, 5.74) is 7.52. The maximum Gasteiger partial charge on any atom is 0.241 e. The number of hydrogen-bond acceptors (Lipinski definition) is 3. The zero-order valence-electron chi connectivity index (χ0n) is 10.1. The molecule has 1 saturated heterocycles. The molecular formula is C13H19N3O. The average molecular weight is 233 g/mol. The highest BCUT2D eigenvalue weighted by atomic mass is 16.2. The lowest BCUT2D eigenvalue weighted by Crippen LogP contribution is -2.33. The number of nitrogens with zero attached hydrogens (tertiary/aromatic N) is 1. The van der Waals surface area contributed by atoms with E-state index in [-0.39, 0.29) is 5.91 Å². The average Bonchev–Trinajstić information content (AvgIpc) is 2.83. The van der Waals surface area contributed by atoms with Gasteiger partial charge < -0.3 is 16.0 Å². The molecule has 0 bridgehead atoms. The van der Waals surface area contributed by atoms with Gasteiger partial charge in [-0.3, -0.25) is 4.79 Å². The van der Waals surface area contributed by atoms with E-state index in [2.05, 4.69) is 10.2 Å². The van der Waals surface area contributed by atoms with Crippen molar-refractivity contribution in [2.75, 3.05) is 23.3 Å². The molecule has 1 amide bonds. The van der Waals surface area contributed by atoms with E-state index in [0.29, 0.717) is 0 Å². The Morgan fingerprint density at radius 3 is 2.65 bits per heavy atom. The number of carbonyl (C=O) groups is 1. The van der Waals surface area contributed by atoms with Crippen LogP contribution in [0, 0.1) is 0 Å². The summed E-state index contributed by atoms with van der Waals surface area (Å²) >= 11 is 0. The molecule has 4 nitrogen and oxygen atoms in total. The summed E-state index contributed by atoms with van der Waals surface area (Å²) in [5, 5.41) is 2.88. The number of nitrogens with one attached hydrogen (secondary N) is 1. The van der Waals surface area contributed by atoms with Gasteiger partial charge in [-0.25, -0.2) is 0 Å². The van der Waals surface area contributed by atoms with Crippen LogP contribution in [0.2, 0.25) is 0 Å². The van der Waals surface area contributed by atoms with Crippen LogP contribution in [0.5, 0.6) is 0 Å². The Morgan fingerprint density at radius 2 is 2.00 bits per heavy atom. The summed E-state index contributed by atoms with van der Waals surface area (Å²) in [5.74, 6) is -0.142. The molecule has 2 rings (SSSR count). The Bertz CT molecular complexity index is 397. The standard InChI is InChI=1S/C13H19N3O/c1-10(14)13(17)15-11-6-2-3-7-12(11)16-8-4-5-9-16/h2-3,6-7,10H,4-5,8-9,14H2,1H3,(H,15,17). The fraction of sp³-hybridized carbons (Fsp3) is 0.462. The Labute approximate surface area is 102 Å². The highest BCUT2D eigenvalue weighted by molar-refractivity contribution is 5.97. The van der Waals surface area contributed by atoms with E-state index in [1.54, 1.807) is 6.92 Å². The van der Waals surface area contributed by atoms with E-state index < -0.39 is 6.04 Å². The Morgan fingerprint density at radius 1 is 1.35 bits per heavy atom. The molecule has 0 aromatic heterocycles. The van der Waals surface area contributed by atoms with Gasteiger partial charge in [0.2, 0.25) is 5.91 Å². The first kappa shape index (κ1) is 11.9. The minimum atomic E-state index is -0.485. The second-order valence-electron chi connectivity index (χ2n) is 4.49. The topological polar surface area (TPSA) is 58.4 Å². The van der Waals surface area contributed by atoms with Gasteiger partial charge in [0.25, 0.3) is 0 Å². The van der Waals surface area contributed by atoms with E-state index in [1.165, 1.54) is 12.8 Å². The number of nitrogens with two attached hydrogens (primary N) is 1. The minimum Gasteiger partial charge on any atom is -0.370 e. The minimum absolute atomic E-state index is 0.142. The summed E-state index contributed by atoms with van der Waals surface area (Å²) in [6.45, 7) is 3.81. The summed E-state index contributed by atoms with van der Waals surface area (Å²) in [7, 11) is 0. The molecular weight excluding hydrogens is 214 g/mol. The maximum atomic E-state index is 11.6. The molecule has 0 radical (unpaired) electrons. The smallest absolute Gasteiger partial charge is 0.241 e. The lowest BCUT2D eigenvalue weighted by atomic mass is 10.2. The van der Waals surface area contributed by atoms with E-state index in [4.69, 9.17) is 5.73 Å². The molecule has 1 aliphatic heterocycles. The van der Waals surface area contributed by atoms with Crippen molar-refractivity contribution in [2.45, 2.75) is 25.8 Å². The first-order chi connectivity index (χ1) is 8.18. The Balaban J connectivity index is 2.18. The van der Waals surface area contributed by atoms with E-state index >= 15 is 0 Å². The SMILES string of the molecule is CC(N)C(=O)Nc1ccccc1N1CCCC1. The van der Waals surface area contributed by atoms with Crippen molar-refractivity contribution in [3.05, 3.63) is 24.3 Å².